The van der Waals surface area contributed by atoms with E-state index >= 15 is 0 Å². The van der Waals surface area contributed by atoms with Gasteiger partial charge in [-0.2, -0.15) is 0 Å². The molecule has 2 heterocycles. The van der Waals surface area contributed by atoms with E-state index in [1.807, 2.05) is 11.0 Å². The van der Waals surface area contributed by atoms with Crippen LogP contribution < -0.4 is 4.90 Å². The van der Waals surface area contributed by atoms with Crippen LogP contribution in [-0.2, 0) is 16.0 Å². The maximum atomic E-state index is 13.2. The van der Waals surface area contributed by atoms with Crippen LogP contribution in [0.4, 0.5) is 10.1 Å². The van der Waals surface area contributed by atoms with E-state index in [0.717, 1.165) is 30.6 Å². The number of anilines is 1. The van der Waals surface area contributed by atoms with Crippen LogP contribution in [0.2, 0.25) is 0 Å². The summed E-state index contributed by atoms with van der Waals surface area (Å²) >= 11 is 0. The Labute approximate surface area is 106 Å². The molecule has 0 N–H and O–H groups in total. The Morgan fingerprint density at radius 3 is 3.17 bits per heavy atom. The van der Waals surface area contributed by atoms with Crippen LogP contribution in [0.5, 0.6) is 0 Å². The summed E-state index contributed by atoms with van der Waals surface area (Å²) in [5, 5.41) is 0. The van der Waals surface area contributed by atoms with Crippen molar-refractivity contribution in [2.24, 2.45) is 5.92 Å². The third-order valence-electron chi connectivity index (χ3n) is 3.77. The van der Waals surface area contributed by atoms with Crippen molar-refractivity contribution in [1.82, 2.24) is 0 Å². The van der Waals surface area contributed by atoms with E-state index in [-0.39, 0.29) is 17.5 Å². The lowest BCUT2D eigenvalue weighted by molar-refractivity contribution is -0.121. The van der Waals surface area contributed by atoms with Crippen LogP contribution in [0.15, 0.2) is 18.2 Å². The van der Waals surface area contributed by atoms with Crippen LogP contribution in [-0.4, -0.2) is 32.1 Å². The summed E-state index contributed by atoms with van der Waals surface area (Å²) in [5.41, 5.74) is 2.01. The summed E-state index contributed by atoms with van der Waals surface area (Å²) in [5.74, 6) is 0.00418. The lowest BCUT2D eigenvalue weighted by atomic mass is 10.0. The number of ether oxygens (including phenoxy) is 1. The molecule has 0 aromatic heterocycles. The summed E-state index contributed by atoms with van der Waals surface area (Å²) in [6.07, 6.45) is 1.72. The van der Waals surface area contributed by atoms with Gasteiger partial charge in [0, 0.05) is 24.8 Å². The summed E-state index contributed by atoms with van der Waals surface area (Å²) in [6, 6.07) is 4.82. The molecule has 0 radical (unpaired) electrons. The molecule has 1 aromatic carbocycles. The van der Waals surface area contributed by atoms with Gasteiger partial charge in [0.05, 0.1) is 13.2 Å². The number of nitrogens with zero attached hydrogens (tertiary/aromatic N) is 1. The van der Waals surface area contributed by atoms with Crippen LogP contribution in [0.25, 0.3) is 0 Å². The van der Waals surface area contributed by atoms with Gasteiger partial charge in [-0.25, -0.2) is 4.39 Å². The van der Waals surface area contributed by atoms with Crippen molar-refractivity contribution in [1.29, 1.82) is 0 Å². The topological polar surface area (TPSA) is 29.5 Å². The molecule has 2 aliphatic heterocycles. The molecule has 3 rings (SSSR count). The lowest BCUT2D eigenvalue weighted by Gasteiger charge is -2.20. The maximum Gasteiger partial charge on any atom is 0.157 e. The standard InChI is InChI=1S/C14H16FNO2/c15-12-2-1-10-3-5-16(13(10)7-12)8-14(17)11-4-6-18-9-11/h1-2,7,11H,3-6,8-9H2. The van der Waals surface area contributed by atoms with Crippen LogP contribution >= 0.6 is 0 Å². The highest BCUT2D eigenvalue weighted by Gasteiger charge is 2.27. The van der Waals surface area contributed by atoms with Crippen LogP contribution in [0.3, 0.4) is 0 Å². The molecule has 1 unspecified atom stereocenters. The molecule has 0 aliphatic carbocycles. The first-order chi connectivity index (χ1) is 8.74. The van der Waals surface area contributed by atoms with Crippen molar-refractivity contribution in [3.05, 3.63) is 29.6 Å². The van der Waals surface area contributed by atoms with E-state index in [1.54, 1.807) is 0 Å². The normalized spacial score (nSPS) is 22.3. The van der Waals surface area contributed by atoms with Gasteiger partial charge in [0.15, 0.2) is 5.78 Å². The summed E-state index contributed by atoms with van der Waals surface area (Å²) in [7, 11) is 0. The number of carbonyl (C=O) groups is 1. The molecular weight excluding hydrogens is 233 g/mol. The molecule has 1 aromatic rings. The Bertz CT molecular complexity index is 469. The first-order valence-corrected chi connectivity index (χ1v) is 6.38. The van der Waals surface area contributed by atoms with Crippen LogP contribution in [0, 0.1) is 11.7 Å². The number of Topliss-reactive ketones (excluding diaryl/α,β-unsaturated/α-hetero) is 1. The molecule has 0 bridgehead atoms. The monoisotopic (exact) mass is 249 g/mol. The molecule has 3 nitrogen and oxygen atoms in total. The number of fused-ring (bicyclic) bond motifs is 1. The molecule has 0 spiro atoms. The summed E-state index contributed by atoms with van der Waals surface area (Å²) in [4.78, 5) is 14.1. The first-order valence-electron chi connectivity index (χ1n) is 6.38. The predicted molar refractivity (Wildman–Crippen MR) is 66.3 cm³/mol. The zero-order valence-electron chi connectivity index (χ0n) is 10.2. The largest absolute Gasteiger partial charge is 0.381 e. The van der Waals surface area contributed by atoms with Gasteiger partial charge in [0.2, 0.25) is 0 Å². The molecule has 1 saturated heterocycles. The predicted octanol–water partition coefficient (Wildman–Crippen LogP) is 1.79. The van der Waals surface area contributed by atoms with Crippen molar-refractivity contribution >= 4 is 11.5 Å². The van der Waals surface area contributed by atoms with Gasteiger partial charge < -0.3 is 9.64 Å². The SMILES string of the molecule is O=C(CN1CCc2ccc(F)cc21)C1CCOC1. The van der Waals surface area contributed by atoms with Crippen molar-refractivity contribution in [2.75, 3.05) is 31.2 Å². The quantitative estimate of drug-likeness (QED) is 0.818. The fraction of sp³-hybridized carbons (Fsp3) is 0.500. The molecule has 96 valence electrons. The zero-order chi connectivity index (χ0) is 12.5. The second-order valence-corrected chi connectivity index (χ2v) is 4.97. The Morgan fingerprint density at radius 2 is 2.39 bits per heavy atom. The minimum Gasteiger partial charge on any atom is -0.381 e. The Kier molecular flexibility index (Phi) is 3.04. The molecule has 2 aliphatic rings. The number of rotatable bonds is 3. The van der Waals surface area contributed by atoms with Crippen molar-refractivity contribution < 1.29 is 13.9 Å². The van der Waals surface area contributed by atoms with Gasteiger partial charge >= 0.3 is 0 Å². The van der Waals surface area contributed by atoms with E-state index in [4.69, 9.17) is 4.74 Å². The van der Waals surface area contributed by atoms with E-state index in [2.05, 4.69) is 0 Å². The second kappa shape index (κ2) is 4.69. The number of benzene rings is 1. The second-order valence-electron chi connectivity index (χ2n) is 4.97. The Morgan fingerprint density at radius 1 is 1.50 bits per heavy atom. The molecule has 0 amide bonds. The van der Waals surface area contributed by atoms with Crippen molar-refractivity contribution in [3.63, 3.8) is 0 Å². The Hall–Kier alpha value is -1.42. The number of hydrogen-bond acceptors (Lipinski definition) is 3. The fourth-order valence-electron chi connectivity index (χ4n) is 2.69. The van der Waals surface area contributed by atoms with E-state index in [9.17, 15) is 9.18 Å². The maximum absolute atomic E-state index is 13.2. The third kappa shape index (κ3) is 2.12. The van der Waals surface area contributed by atoms with E-state index in [0.29, 0.717) is 19.8 Å². The first kappa shape index (κ1) is 11.7. The number of hydrogen-bond donors (Lipinski definition) is 0. The molecule has 1 fully saturated rings. The van der Waals surface area contributed by atoms with Gasteiger partial charge in [-0.15, -0.1) is 0 Å². The summed E-state index contributed by atoms with van der Waals surface area (Å²) in [6.45, 7) is 2.41. The average Bonchev–Trinajstić information content (AvgIpc) is 2.99. The highest BCUT2D eigenvalue weighted by atomic mass is 19.1. The van der Waals surface area contributed by atoms with E-state index < -0.39 is 0 Å². The number of ketones is 1. The fourth-order valence-corrected chi connectivity index (χ4v) is 2.69. The highest BCUT2D eigenvalue weighted by molar-refractivity contribution is 5.86. The molecule has 18 heavy (non-hydrogen) atoms. The van der Waals surface area contributed by atoms with Crippen molar-refractivity contribution in [2.45, 2.75) is 12.8 Å². The molecule has 4 heteroatoms. The Balaban J connectivity index is 1.72. The van der Waals surface area contributed by atoms with Gasteiger partial charge in [-0.3, -0.25) is 4.79 Å². The summed E-state index contributed by atoms with van der Waals surface area (Å²) < 4.78 is 18.5. The van der Waals surface area contributed by atoms with Gasteiger partial charge in [0.25, 0.3) is 0 Å². The van der Waals surface area contributed by atoms with Gasteiger partial charge in [-0.1, -0.05) is 6.07 Å². The number of carbonyl (C=O) groups excluding carboxylic acids is 1. The van der Waals surface area contributed by atoms with E-state index in [1.165, 1.54) is 12.1 Å². The molecular formula is C14H16FNO2. The molecule has 1 atom stereocenters. The van der Waals surface area contributed by atoms with Gasteiger partial charge in [-0.05, 0) is 30.5 Å². The van der Waals surface area contributed by atoms with Crippen molar-refractivity contribution in [3.8, 4) is 0 Å². The smallest absolute Gasteiger partial charge is 0.157 e. The number of halogens is 1. The third-order valence-corrected chi connectivity index (χ3v) is 3.77. The van der Waals surface area contributed by atoms with Crippen LogP contribution in [0.1, 0.15) is 12.0 Å². The minimum absolute atomic E-state index is 0.0302. The minimum atomic E-state index is -0.239. The average molecular weight is 249 g/mol. The van der Waals surface area contributed by atoms with Gasteiger partial charge in [0.1, 0.15) is 5.82 Å². The molecule has 0 saturated carbocycles. The zero-order valence-corrected chi connectivity index (χ0v) is 10.2. The lowest BCUT2D eigenvalue weighted by Crippen LogP contribution is -2.32. The highest BCUT2D eigenvalue weighted by Crippen LogP contribution is 2.29.